The number of hydrogen-bond acceptors (Lipinski definition) is 6. The van der Waals surface area contributed by atoms with E-state index in [4.69, 9.17) is 31.3 Å². The fourth-order valence-electron chi connectivity index (χ4n) is 0.949. The Morgan fingerprint density at radius 1 is 1.29 bits per heavy atom. The minimum absolute atomic E-state index is 0.113. The van der Waals surface area contributed by atoms with Gasteiger partial charge in [0.05, 0.1) is 0 Å². The molecule has 1 rings (SSSR count). The van der Waals surface area contributed by atoms with Crippen LogP contribution in [0.25, 0.3) is 0 Å². The van der Waals surface area contributed by atoms with Gasteiger partial charge in [0.15, 0.2) is 11.9 Å². The molecule has 0 amide bonds. The monoisotopic (exact) mass is 319 g/mol. The van der Waals surface area contributed by atoms with Gasteiger partial charge in [-0.1, -0.05) is 0 Å². The standard InChI is InChI=1S/C6H6O5S.C4H11N5/c7-4-1-2-5(8)6(3-4)12(9,10)11;1-9(2)4(7)8-3(5)6/h1-3,7-8H,(H,9,10,11);1-2H3,(H5,5,6,7,8). The number of phenols is 2. The summed E-state index contributed by atoms with van der Waals surface area (Å²) >= 11 is 0. The zero-order chi connectivity index (χ0) is 16.8. The van der Waals surface area contributed by atoms with Crippen molar-refractivity contribution >= 4 is 22.0 Å². The molecule has 0 fully saturated rings. The molecule has 0 saturated heterocycles. The Balaban J connectivity index is 0.000000400. The number of benzene rings is 1. The highest BCUT2D eigenvalue weighted by atomic mass is 32.2. The van der Waals surface area contributed by atoms with Gasteiger partial charge in [-0.2, -0.15) is 8.42 Å². The van der Waals surface area contributed by atoms with E-state index in [-0.39, 0.29) is 17.7 Å². The van der Waals surface area contributed by atoms with E-state index in [0.29, 0.717) is 0 Å². The minimum Gasteiger partial charge on any atom is -0.508 e. The van der Waals surface area contributed by atoms with Gasteiger partial charge in [-0.15, -0.1) is 0 Å². The van der Waals surface area contributed by atoms with E-state index in [9.17, 15) is 8.42 Å². The van der Waals surface area contributed by atoms with Gasteiger partial charge in [0.1, 0.15) is 16.4 Å². The number of aromatic hydroxyl groups is 2. The Morgan fingerprint density at radius 3 is 2.10 bits per heavy atom. The van der Waals surface area contributed by atoms with Crippen LogP contribution < -0.4 is 11.1 Å². The molecule has 0 saturated carbocycles. The highest BCUT2D eigenvalue weighted by Crippen LogP contribution is 2.25. The van der Waals surface area contributed by atoms with Gasteiger partial charge < -0.3 is 20.8 Å². The van der Waals surface area contributed by atoms with Crippen LogP contribution in [0.1, 0.15) is 0 Å². The normalized spacial score (nSPS) is 10.0. The summed E-state index contributed by atoms with van der Waals surface area (Å²) in [4.78, 5) is 0.809. The molecule has 0 bridgehead atoms. The quantitative estimate of drug-likeness (QED) is 0.153. The van der Waals surface area contributed by atoms with E-state index in [1.807, 2.05) is 0 Å². The molecule has 11 heteroatoms. The summed E-state index contributed by atoms with van der Waals surface area (Å²) in [6.45, 7) is 0. The molecule has 0 unspecified atom stereocenters. The van der Waals surface area contributed by atoms with Crippen LogP contribution in [0, 0.1) is 10.8 Å². The van der Waals surface area contributed by atoms with E-state index >= 15 is 0 Å². The number of guanidine groups is 2. The van der Waals surface area contributed by atoms with Crippen molar-refractivity contribution < 1.29 is 23.2 Å². The number of phenolic OH excluding ortho intramolecular Hbond substituents is 2. The Hall–Kier alpha value is -2.53. The summed E-state index contributed by atoms with van der Waals surface area (Å²) in [5.41, 5.74) is 4.94. The maximum Gasteiger partial charge on any atom is 0.298 e. The summed E-state index contributed by atoms with van der Waals surface area (Å²) in [7, 11) is -1.08. The molecule has 118 valence electrons. The van der Waals surface area contributed by atoms with E-state index < -0.39 is 20.8 Å². The fraction of sp³-hybridized carbons (Fsp3) is 0.200. The number of hydrogen-bond donors (Lipinski definition) is 7. The third-order valence-electron chi connectivity index (χ3n) is 1.92. The zero-order valence-corrected chi connectivity index (χ0v) is 12.1. The van der Waals surface area contributed by atoms with Crippen LogP contribution in [0.5, 0.6) is 11.5 Å². The van der Waals surface area contributed by atoms with Gasteiger partial charge in [0, 0.05) is 20.2 Å². The van der Waals surface area contributed by atoms with Gasteiger partial charge in [-0.25, -0.2) is 0 Å². The number of nitrogens with zero attached hydrogens (tertiary/aromatic N) is 1. The molecule has 8 N–H and O–H groups in total. The van der Waals surface area contributed by atoms with Crippen molar-refractivity contribution in [2.24, 2.45) is 5.73 Å². The largest absolute Gasteiger partial charge is 0.508 e. The van der Waals surface area contributed by atoms with Crippen LogP contribution in [-0.2, 0) is 10.1 Å². The molecule has 10 nitrogen and oxygen atoms in total. The van der Waals surface area contributed by atoms with Gasteiger partial charge in [0.2, 0.25) is 0 Å². The van der Waals surface area contributed by atoms with E-state index in [2.05, 4.69) is 5.32 Å². The lowest BCUT2D eigenvalue weighted by molar-refractivity contribution is 0.433. The summed E-state index contributed by atoms with van der Waals surface area (Å²) in [5, 5.41) is 33.8. The average Bonchev–Trinajstić information content (AvgIpc) is 2.30. The third-order valence-corrected chi connectivity index (χ3v) is 2.80. The SMILES string of the molecule is CN(C)C(=N)NC(=N)N.O=S(=O)(O)c1cc(O)ccc1O. The molecule has 0 atom stereocenters. The highest BCUT2D eigenvalue weighted by molar-refractivity contribution is 7.86. The molecule has 0 radical (unpaired) electrons. The van der Waals surface area contributed by atoms with Crippen molar-refractivity contribution in [3.8, 4) is 11.5 Å². The molecule has 0 aliphatic carbocycles. The van der Waals surface area contributed by atoms with Crippen LogP contribution >= 0.6 is 0 Å². The Labute approximate surface area is 121 Å². The van der Waals surface area contributed by atoms with Crippen LogP contribution in [0.3, 0.4) is 0 Å². The molecule has 1 aromatic rings. The molecule has 0 aromatic heterocycles. The summed E-state index contributed by atoms with van der Waals surface area (Å²) < 4.78 is 29.5. The molecule has 0 aliphatic heterocycles. The first kappa shape index (κ1) is 18.5. The molecule has 21 heavy (non-hydrogen) atoms. The van der Waals surface area contributed by atoms with Crippen molar-refractivity contribution in [3.63, 3.8) is 0 Å². The predicted octanol–water partition coefficient (Wildman–Crippen LogP) is -0.690. The van der Waals surface area contributed by atoms with Crippen molar-refractivity contribution in [2.45, 2.75) is 4.90 Å². The molecular formula is C10H17N5O5S. The van der Waals surface area contributed by atoms with Gasteiger partial charge >= 0.3 is 0 Å². The van der Waals surface area contributed by atoms with Crippen molar-refractivity contribution in [1.29, 1.82) is 10.8 Å². The molecule has 0 heterocycles. The molecule has 1 aromatic carbocycles. The molecular weight excluding hydrogens is 302 g/mol. The first-order valence-electron chi connectivity index (χ1n) is 5.31. The van der Waals surface area contributed by atoms with E-state index in [1.165, 1.54) is 4.90 Å². The molecule has 0 aliphatic rings. The summed E-state index contributed by atoms with van der Waals surface area (Å²) in [5.74, 6) is -1.05. The van der Waals surface area contributed by atoms with Crippen molar-refractivity contribution in [1.82, 2.24) is 10.2 Å². The second-order valence-electron chi connectivity index (χ2n) is 3.91. The van der Waals surface area contributed by atoms with Crippen LogP contribution in [0.15, 0.2) is 23.1 Å². The number of nitrogens with two attached hydrogens (primary N) is 1. The first-order chi connectivity index (χ1) is 9.45. The van der Waals surface area contributed by atoms with Crippen LogP contribution in [0.2, 0.25) is 0 Å². The van der Waals surface area contributed by atoms with E-state index in [0.717, 1.165) is 18.2 Å². The lowest BCUT2D eigenvalue weighted by atomic mass is 10.3. The Kier molecular flexibility index (Phi) is 6.42. The minimum atomic E-state index is -4.47. The van der Waals surface area contributed by atoms with Crippen LogP contribution in [0.4, 0.5) is 0 Å². The second kappa shape index (κ2) is 7.31. The maximum absolute atomic E-state index is 10.5. The average molecular weight is 319 g/mol. The maximum atomic E-state index is 10.5. The lowest BCUT2D eigenvalue weighted by Gasteiger charge is -2.13. The molecule has 0 spiro atoms. The topological polar surface area (TPSA) is 184 Å². The van der Waals surface area contributed by atoms with Gasteiger partial charge in [-0.3, -0.25) is 20.7 Å². The van der Waals surface area contributed by atoms with Gasteiger partial charge in [0.25, 0.3) is 10.1 Å². The van der Waals surface area contributed by atoms with Gasteiger partial charge in [-0.05, 0) is 12.1 Å². The number of nitrogens with one attached hydrogen (secondary N) is 3. The number of rotatable bonds is 1. The fourth-order valence-corrected chi connectivity index (χ4v) is 1.55. The van der Waals surface area contributed by atoms with Crippen molar-refractivity contribution in [3.05, 3.63) is 18.2 Å². The smallest absolute Gasteiger partial charge is 0.298 e. The third kappa shape index (κ3) is 6.98. The Morgan fingerprint density at radius 2 is 1.81 bits per heavy atom. The van der Waals surface area contributed by atoms with E-state index in [1.54, 1.807) is 14.1 Å². The summed E-state index contributed by atoms with van der Waals surface area (Å²) in [6, 6.07) is 2.83. The lowest BCUT2D eigenvalue weighted by Crippen LogP contribution is -2.42. The van der Waals surface area contributed by atoms with Crippen LogP contribution in [-0.4, -0.2) is 54.1 Å². The highest BCUT2D eigenvalue weighted by Gasteiger charge is 2.15. The summed E-state index contributed by atoms with van der Waals surface area (Å²) in [6.07, 6.45) is 0. The second-order valence-corrected chi connectivity index (χ2v) is 5.30. The zero-order valence-electron chi connectivity index (χ0n) is 11.3. The first-order valence-corrected chi connectivity index (χ1v) is 6.75. The van der Waals surface area contributed by atoms with Crippen molar-refractivity contribution in [2.75, 3.05) is 14.1 Å². The Bertz CT molecular complexity index is 629. The predicted molar refractivity (Wildman–Crippen MR) is 76.0 cm³/mol.